The van der Waals surface area contributed by atoms with Crippen LogP contribution in [0, 0.1) is 0 Å². The Hall–Kier alpha value is -2.27. The molecule has 0 N–H and O–H groups in total. The Kier molecular flexibility index (Phi) is 2.97. The van der Waals surface area contributed by atoms with Crippen molar-refractivity contribution >= 4 is 17.1 Å². The average Bonchev–Trinajstić information content (AvgIpc) is 3.10. The van der Waals surface area contributed by atoms with Crippen LogP contribution in [0.1, 0.15) is 17.3 Å². The average molecular weight is 270 g/mol. The molecule has 2 heterocycles. The van der Waals surface area contributed by atoms with Gasteiger partial charge in [-0.15, -0.1) is 21.5 Å². The molecule has 0 bridgehead atoms. The van der Waals surface area contributed by atoms with E-state index in [-0.39, 0.29) is 5.78 Å². The fourth-order valence-corrected chi connectivity index (χ4v) is 2.33. The summed E-state index contributed by atoms with van der Waals surface area (Å²) in [5.74, 6) is 1.01. The molecule has 0 unspecified atom stereocenters. The maximum Gasteiger partial charge on any atom is 0.258 e. The van der Waals surface area contributed by atoms with Crippen molar-refractivity contribution in [1.82, 2.24) is 10.2 Å². The van der Waals surface area contributed by atoms with E-state index in [1.807, 2.05) is 29.6 Å². The summed E-state index contributed by atoms with van der Waals surface area (Å²) in [7, 11) is 0. The van der Waals surface area contributed by atoms with Gasteiger partial charge in [-0.05, 0) is 30.5 Å². The number of carbonyl (C=O) groups is 1. The minimum Gasteiger partial charge on any atom is -0.415 e. The maximum atomic E-state index is 11.2. The van der Waals surface area contributed by atoms with Crippen molar-refractivity contribution in [2.24, 2.45) is 0 Å². The van der Waals surface area contributed by atoms with Gasteiger partial charge in [0.05, 0.1) is 4.88 Å². The van der Waals surface area contributed by atoms with Crippen LogP contribution in [0.25, 0.3) is 22.2 Å². The Morgan fingerprint density at radius 3 is 2.47 bits per heavy atom. The number of ketones is 1. The minimum atomic E-state index is 0.0383. The first-order chi connectivity index (χ1) is 9.24. The van der Waals surface area contributed by atoms with Gasteiger partial charge in [0, 0.05) is 11.1 Å². The number of thiophene rings is 1. The largest absolute Gasteiger partial charge is 0.415 e. The van der Waals surface area contributed by atoms with Crippen LogP contribution in [0.3, 0.4) is 0 Å². The molecule has 1 aromatic carbocycles. The number of Topliss-reactive ketones (excluding diaryl/α,β-unsaturated/α-hetero) is 1. The highest BCUT2D eigenvalue weighted by molar-refractivity contribution is 7.13. The number of hydrogen-bond donors (Lipinski definition) is 0. The summed E-state index contributed by atoms with van der Waals surface area (Å²) in [6, 6.07) is 11.0. The van der Waals surface area contributed by atoms with Crippen molar-refractivity contribution in [3.63, 3.8) is 0 Å². The third-order valence-electron chi connectivity index (χ3n) is 2.70. The lowest BCUT2D eigenvalue weighted by atomic mass is 10.1. The number of benzene rings is 1. The lowest BCUT2D eigenvalue weighted by molar-refractivity contribution is 0.101. The van der Waals surface area contributed by atoms with E-state index in [9.17, 15) is 4.79 Å². The van der Waals surface area contributed by atoms with Crippen molar-refractivity contribution < 1.29 is 9.21 Å². The SMILES string of the molecule is CC(=O)c1ccc(-c2nnc(-c3cccs3)o2)cc1. The second kappa shape index (κ2) is 4.78. The molecular formula is C14H10N2O2S. The van der Waals surface area contributed by atoms with Gasteiger partial charge in [0.2, 0.25) is 5.89 Å². The molecule has 94 valence electrons. The third-order valence-corrected chi connectivity index (χ3v) is 3.55. The smallest absolute Gasteiger partial charge is 0.258 e. The number of nitrogens with zero attached hydrogens (tertiary/aromatic N) is 2. The second-order valence-electron chi connectivity index (χ2n) is 4.02. The first kappa shape index (κ1) is 11.8. The van der Waals surface area contributed by atoms with E-state index in [0.29, 0.717) is 17.3 Å². The Morgan fingerprint density at radius 2 is 1.84 bits per heavy atom. The van der Waals surface area contributed by atoms with E-state index in [1.54, 1.807) is 23.5 Å². The lowest BCUT2D eigenvalue weighted by Crippen LogP contribution is -1.90. The summed E-state index contributed by atoms with van der Waals surface area (Å²) in [5, 5.41) is 10.0. The van der Waals surface area contributed by atoms with E-state index in [0.717, 1.165) is 10.4 Å². The molecule has 0 aliphatic heterocycles. The van der Waals surface area contributed by atoms with Crippen LogP contribution < -0.4 is 0 Å². The fraction of sp³-hybridized carbons (Fsp3) is 0.0714. The van der Waals surface area contributed by atoms with Gasteiger partial charge in [0.25, 0.3) is 5.89 Å². The monoisotopic (exact) mass is 270 g/mol. The zero-order valence-corrected chi connectivity index (χ0v) is 11.0. The van der Waals surface area contributed by atoms with Crippen molar-refractivity contribution in [1.29, 1.82) is 0 Å². The summed E-state index contributed by atoms with van der Waals surface area (Å²) < 4.78 is 5.62. The van der Waals surface area contributed by atoms with Crippen LogP contribution in [0.4, 0.5) is 0 Å². The zero-order chi connectivity index (χ0) is 13.2. The summed E-state index contributed by atoms with van der Waals surface area (Å²) >= 11 is 1.55. The number of aromatic nitrogens is 2. The molecule has 19 heavy (non-hydrogen) atoms. The molecule has 0 saturated carbocycles. The Morgan fingerprint density at radius 1 is 1.11 bits per heavy atom. The van der Waals surface area contributed by atoms with Gasteiger partial charge >= 0.3 is 0 Å². The molecule has 0 saturated heterocycles. The molecular weight excluding hydrogens is 260 g/mol. The first-order valence-corrected chi connectivity index (χ1v) is 6.61. The number of rotatable bonds is 3. The van der Waals surface area contributed by atoms with Crippen LogP contribution in [-0.2, 0) is 0 Å². The molecule has 0 aliphatic rings. The fourth-order valence-electron chi connectivity index (χ4n) is 1.69. The van der Waals surface area contributed by atoms with Gasteiger partial charge < -0.3 is 4.42 Å². The third kappa shape index (κ3) is 2.32. The summed E-state index contributed by atoms with van der Waals surface area (Å²) in [6.07, 6.45) is 0. The van der Waals surface area contributed by atoms with Crippen molar-refractivity contribution in [3.05, 3.63) is 47.3 Å². The lowest BCUT2D eigenvalue weighted by Gasteiger charge is -1.97. The molecule has 0 aliphatic carbocycles. The molecule has 5 heteroatoms. The van der Waals surface area contributed by atoms with Gasteiger partial charge in [-0.25, -0.2) is 0 Å². The molecule has 0 fully saturated rings. The Balaban J connectivity index is 1.92. The Labute approximate surface area is 113 Å². The highest BCUT2D eigenvalue weighted by Gasteiger charge is 2.11. The molecule has 2 aromatic heterocycles. The van der Waals surface area contributed by atoms with E-state index in [2.05, 4.69) is 10.2 Å². The van der Waals surface area contributed by atoms with E-state index in [1.165, 1.54) is 6.92 Å². The predicted molar refractivity (Wildman–Crippen MR) is 73.1 cm³/mol. The number of carbonyl (C=O) groups excluding carboxylic acids is 1. The zero-order valence-electron chi connectivity index (χ0n) is 10.2. The highest BCUT2D eigenvalue weighted by Crippen LogP contribution is 2.26. The predicted octanol–water partition coefficient (Wildman–Crippen LogP) is 3.67. The van der Waals surface area contributed by atoms with Crippen molar-refractivity contribution in [3.8, 4) is 22.2 Å². The van der Waals surface area contributed by atoms with Crippen LogP contribution in [-0.4, -0.2) is 16.0 Å². The van der Waals surface area contributed by atoms with Crippen molar-refractivity contribution in [2.75, 3.05) is 0 Å². The van der Waals surface area contributed by atoms with Gasteiger partial charge in [-0.3, -0.25) is 4.79 Å². The molecule has 0 radical (unpaired) electrons. The van der Waals surface area contributed by atoms with E-state index in [4.69, 9.17) is 4.42 Å². The minimum absolute atomic E-state index is 0.0383. The molecule has 0 atom stereocenters. The molecule has 3 rings (SSSR count). The Bertz CT molecular complexity index is 699. The van der Waals surface area contributed by atoms with E-state index >= 15 is 0 Å². The molecule has 4 nitrogen and oxygen atoms in total. The summed E-state index contributed by atoms with van der Waals surface area (Å²) in [6.45, 7) is 1.54. The number of hydrogen-bond acceptors (Lipinski definition) is 5. The summed E-state index contributed by atoms with van der Waals surface area (Å²) in [5.41, 5.74) is 1.47. The van der Waals surface area contributed by atoms with E-state index < -0.39 is 0 Å². The maximum absolute atomic E-state index is 11.2. The topological polar surface area (TPSA) is 56.0 Å². The van der Waals surface area contributed by atoms with Gasteiger partial charge in [0.1, 0.15) is 0 Å². The van der Waals surface area contributed by atoms with Crippen molar-refractivity contribution in [2.45, 2.75) is 6.92 Å². The second-order valence-corrected chi connectivity index (χ2v) is 4.97. The van der Waals surface area contributed by atoms with Crippen LogP contribution in [0.15, 0.2) is 46.2 Å². The highest BCUT2D eigenvalue weighted by atomic mass is 32.1. The van der Waals surface area contributed by atoms with Crippen LogP contribution in [0.5, 0.6) is 0 Å². The normalized spacial score (nSPS) is 10.6. The van der Waals surface area contributed by atoms with Gasteiger partial charge in [0.15, 0.2) is 5.78 Å². The first-order valence-electron chi connectivity index (χ1n) is 5.73. The molecule has 0 amide bonds. The molecule has 0 spiro atoms. The van der Waals surface area contributed by atoms with Gasteiger partial charge in [-0.1, -0.05) is 18.2 Å². The van der Waals surface area contributed by atoms with Crippen LogP contribution in [0.2, 0.25) is 0 Å². The molecule has 3 aromatic rings. The van der Waals surface area contributed by atoms with Crippen LogP contribution >= 0.6 is 11.3 Å². The summed E-state index contributed by atoms with van der Waals surface area (Å²) in [4.78, 5) is 12.1. The van der Waals surface area contributed by atoms with Gasteiger partial charge in [-0.2, -0.15) is 0 Å². The standard InChI is InChI=1S/C14H10N2O2S/c1-9(17)10-4-6-11(7-5-10)13-15-16-14(18-13)12-3-2-8-19-12/h2-8H,1H3. The quantitative estimate of drug-likeness (QED) is 0.681.